The quantitative estimate of drug-likeness (QED) is 0.341. The van der Waals surface area contributed by atoms with Gasteiger partial charge in [-0.2, -0.15) is 5.10 Å². The van der Waals surface area contributed by atoms with Crippen molar-refractivity contribution in [3.63, 3.8) is 0 Å². The highest BCUT2D eigenvalue weighted by Crippen LogP contribution is 2.28. The van der Waals surface area contributed by atoms with Crippen LogP contribution in [0.5, 0.6) is 0 Å². The highest BCUT2D eigenvalue weighted by atomic mass is 16.6. The molecule has 0 aliphatic rings. The number of hydrogen-bond acceptors (Lipinski definition) is 7. The normalized spacial score (nSPS) is 11.2. The van der Waals surface area contributed by atoms with Crippen molar-refractivity contribution in [1.29, 1.82) is 0 Å². The molecule has 1 N–H and O–H groups in total. The summed E-state index contributed by atoms with van der Waals surface area (Å²) < 4.78 is 5.17. The van der Waals surface area contributed by atoms with E-state index in [1.54, 1.807) is 6.92 Å². The van der Waals surface area contributed by atoms with Crippen LogP contribution in [0, 0.1) is 20.2 Å². The minimum atomic E-state index is -0.694. The molecule has 0 radical (unpaired) electrons. The lowest BCUT2D eigenvalue weighted by Crippen LogP contribution is -2.04. The van der Waals surface area contributed by atoms with Gasteiger partial charge >= 0.3 is 5.69 Å². The van der Waals surface area contributed by atoms with Crippen molar-refractivity contribution in [2.75, 3.05) is 18.6 Å². The number of hydrogen-bond donors (Lipinski definition) is 1. The monoisotopic (exact) mass is 296 g/mol. The molecule has 0 saturated heterocycles. The van der Waals surface area contributed by atoms with Gasteiger partial charge in [0, 0.05) is 24.8 Å². The third-order valence-corrected chi connectivity index (χ3v) is 2.57. The van der Waals surface area contributed by atoms with E-state index in [1.165, 1.54) is 12.1 Å². The summed E-state index contributed by atoms with van der Waals surface area (Å²) in [6.45, 7) is 4.75. The predicted octanol–water partition coefficient (Wildman–Crippen LogP) is 2.72. The Morgan fingerprint density at radius 2 is 2.05 bits per heavy atom. The Bertz CT molecular complexity index is 559. The fraction of sp³-hybridized carbons (Fsp3) is 0.417. The molecule has 0 unspecified atom stereocenters. The summed E-state index contributed by atoms with van der Waals surface area (Å²) in [6.07, 6.45) is 0.585. The summed E-state index contributed by atoms with van der Waals surface area (Å²) in [5.74, 6) is 0. The first kappa shape index (κ1) is 16.5. The summed E-state index contributed by atoms with van der Waals surface area (Å²) in [4.78, 5) is 20.2. The minimum absolute atomic E-state index is 0.0985. The molecule has 1 aromatic carbocycles. The summed E-state index contributed by atoms with van der Waals surface area (Å²) in [7, 11) is 0. The van der Waals surface area contributed by atoms with Gasteiger partial charge in [-0.3, -0.25) is 25.7 Å². The maximum absolute atomic E-state index is 10.9. The first-order chi connectivity index (χ1) is 9.95. The van der Waals surface area contributed by atoms with Gasteiger partial charge in [0.25, 0.3) is 5.69 Å². The van der Waals surface area contributed by atoms with Gasteiger partial charge in [-0.1, -0.05) is 0 Å². The molecule has 9 heteroatoms. The van der Waals surface area contributed by atoms with Gasteiger partial charge in [0.05, 0.1) is 22.5 Å². The highest BCUT2D eigenvalue weighted by molar-refractivity contribution is 5.83. The van der Waals surface area contributed by atoms with E-state index in [-0.39, 0.29) is 11.4 Å². The standard InChI is InChI=1S/C12H16N4O5/c1-3-21-7-6-9(2)13-14-11-5-4-10(15(17)18)8-12(11)16(19)20/h4-5,8,14H,3,6-7H2,1-2H3. The van der Waals surface area contributed by atoms with Crippen molar-refractivity contribution in [3.05, 3.63) is 38.4 Å². The van der Waals surface area contributed by atoms with Crippen LogP contribution >= 0.6 is 0 Å². The zero-order valence-corrected chi connectivity index (χ0v) is 11.7. The molecule has 21 heavy (non-hydrogen) atoms. The second kappa shape index (κ2) is 7.90. The van der Waals surface area contributed by atoms with Gasteiger partial charge in [-0.15, -0.1) is 0 Å². The average Bonchev–Trinajstić information content (AvgIpc) is 2.45. The summed E-state index contributed by atoms with van der Waals surface area (Å²) in [6, 6.07) is 3.34. The van der Waals surface area contributed by atoms with Crippen molar-refractivity contribution >= 4 is 22.8 Å². The Balaban J connectivity index is 2.85. The zero-order valence-electron chi connectivity index (χ0n) is 11.7. The van der Waals surface area contributed by atoms with Gasteiger partial charge < -0.3 is 4.74 Å². The second-order valence-electron chi connectivity index (χ2n) is 4.12. The first-order valence-corrected chi connectivity index (χ1v) is 6.25. The molecule has 9 nitrogen and oxygen atoms in total. The number of nitro groups is 2. The summed E-state index contributed by atoms with van der Waals surface area (Å²) in [5.41, 5.74) is 2.62. The molecule has 0 aliphatic heterocycles. The lowest BCUT2D eigenvalue weighted by Gasteiger charge is -2.04. The van der Waals surface area contributed by atoms with Gasteiger partial charge in [0.1, 0.15) is 5.69 Å². The molecule has 0 spiro atoms. The summed E-state index contributed by atoms with van der Waals surface area (Å²) in [5, 5.41) is 25.5. The van der Waals surface area contributed by atoms with Crippen molar-refractivity contribution < 1.29 is 14.6 Å². The largest absolute Gasteiger partial charge is 0.381 e. The van der Waals surface area contributed by atoms with E-state index in [0.29, 0.717) is 25.3 Å². The maximum Gasteiger partial charge on any atom is 0.301 e. The molecule has 1 aromatic rings. The lowest BCUT2D eigenvalue weighted by atomic mass is 10.2. The Morgan fingerprint density at radius 1 is 1.33 bits per heavy atom. The fourth-order valence-corrected chi connectivity index (χ4v) is 1.45. The molecule has 0 heterocycles. The molecule has 0 aliphatic carbocycles. The molecular formula is C12H16N4O5. The smallest absolute Gasteiger partial charge is 0.301 e. The van der Waals surface area contributed by atoms with E-state index in [4.69, 9.17) is 4.74 Å². The number of nitro benzene ring substituents is 2. The van der Waals surface area contributed by atoms with Crippen molar-refractivity contribution in [2.45, 2.75) is 20.3 Å². The van der Waals surface area contributed by atoms with Crippen LogP contribution < -0.4 is 5.43 Å². The number of nitrogens with zero attached hydrogens (tertiary/aromatic N) is 3. The Labute approximate surface area is 120 Å². The lowest BCUT2D eigenvalue weighted by molar-refractivity contribution is -0.393. The van der Waals surface area contributed by atoms with Crippen molar-refractivity contribution in [3.8, 4) is 0 Å². The zero-order chi connectivity index (χ0) is 15.8. The number of non-ortho nitro benzene ring substituents is 1. The van der Waals surface area contributed by atoms with E-state index in [0.717, 1.165) is 6.07 Å². The summed E-state index contributed by atoms with van der Waals surface area (Å²) >= 11 is 0. The number of benzene rings is 1. The average molecular weight is 296 g/mol. The molecule has 1 rings (SSSR count). The van der Waals surface area contributed by atoms with E-state index in [1.807, 2.05) is 6.92 Å². The third-order valence-electron chi connectivity index (χ3n) is 2.57. The van der Waals surface area contributed by atoms with Crippen molar-refractivity contribution in [1.82, 2.24) is 0 Å². The van der Waals surface area contributed by atoms with Gasteiger partial charge in [-0.05, 0) is 19.9 Å². The molecule has 0 atom stereocenters. The van der Waals surface area contributed by atoms with Crippen LogP contribution in [0.3, 0.4) is 0 Å². The molecule has 0 aromatic heterocycles. The predicted molar refractivity (Wildman–Crippen MR) is 77.6 cm³/mol. The SMILES string of the molecule is CCOCCC(C)=NNc1ccc([N+](=O)[O-])cc1[N+](=O)[O-]. The number of anilines is 1. The van der Waals surface area contributed by atoms with E-state index in [9.17, 15) is 20.2 Å². The molecule has 0 saturated carbocycles. The second-order valence-corrected chi connectivity index (χ2v) is 4.12. The molecule has 0 bridgehead atoms. The first-order valence-electron chi connectivity index (χ1n) is 6.25. The van der Waals surface area contributed by atoms with Crippen LogP contribution in [0.15, 0.2) is 23.3 Å². The Kier molecular flexibility index (Phi) is 6.21. The maximum atomic E-state index is 10.9. The van der Waals surface area contributed by atoms with Gasteiger partial charge in [0.15, 0.2) is 0 Å². The number of ether oxygens (including phenoxy) is 1. The molecule has 114 valence electrons. The minimum Gasteiger partial charge on any atom is -0.381 e. The highest BCUT2D eigenvalue weighted by Gasteiger charge is 2.19. The van der Waals surface area contributed by atoms with Crippen LogP contribution in [-0.2, 0) is 4.74 Å². The number of rotatable bonds is 8. The van der Waals surface area contributed by atoms with Gasteiger partial charge in [-0.25, -0.2) is 0 Å². The van der Waals surface area contributed by atoms with Crippen LogP contribution in [0.25, 0.3) is 0 Å². The number of hydrazone groups is 1. The van der Waals surface area contributed by atoms with Crippen molar-refractivity contribution in [2.24, 2.45) is 5.10 Å². The fourth-order valence-electron chi connectivity index (χ4n) is 1.45. The van der Waals surface area contributed by atoms with Crippen LogP contribution in [0.1, 0.15) is 20.3 Å². The van der Waals surface area contributed by atoms with Crippen LogP contribution in [0.2, 0.25) is 0 Å². The van der Waals surface area contributed by atoms with E-state index >= 15 is 0 Å². The van der Waals surface area contributed by atoms with Gasteiger partial charge in [0.2, 0.25) is 0 Å². The Morgan fingerprint density at radius 3 is 2.62 bits per heavy atom. The molecule has 0 amide bonds. The molecular weight excluding hydrogens is 280 g/mol. The topological polar surface area (TPSA) is 120 Å². The van der Waals surface area contributed by atoms with Crippen LogP contribution in [-0.4, -0.2) is 28.8 Å². The Hall–Kier alpha value is -2.55. The molecule has 0 fully saturated rings. The third kappa shape index (κ3) is 5.15. The van der Waals surface area contributed by atoms with E-state index < -0.39 is 15.5 Å². The number of nitrogens with one attached hydrogen (secondary N) is 1. The van der Waals surface area contributed by atoms with Crippen LogP contribution in [0.4, 0.5) is 17.1 Å². The van der Waals surface area contributed by atoms with E-state index in [2.05, 4.69) is 10.5 Å².